The normalized spacial score (nSPS) is 14.3. The van der Waals surface area contributed by atoms with Crippen LogP contribution in [0.2, 0.25) is 0 Å². The molecule has 0 bridgehead atoms. The van der Waals surface area contributed by atoms with Gasteiger partial charge in [0.25, 0.3) is 0 Å². The number of furan rings is 1. The molecule has 3 nitrogen and oxygen atoms in total. The Morgan fingerprint density at radius 3 is 2.28 bits per heavy atom. The summed E-state index contributed by atoms with van der Waals surface area (Å²) in [6.07, 6.45) is 4.51. The van der Waals surface area contributed by atoms with Gasteiger partial charge in [0.15, 0.2) is 0 Å². The van der Waals surface area contributed by atoms with Crippen molar-refractivity contribution in [2.24, 2.45) is 0 Å². The number of fused-ring (bicyclic) bond motifs is 9. The zero-order valence-electron chi connectivity index (χ0n) is 25.4. The molecule has 1 aliphatic rings. The van der Waals surface area contributed by atoms with Gasteiger partial charge in [0.2, 0.25) is 0 Å². The second-order valence-electron chi connectivity index (χ2n) is 12.4. The average Bonchev–Trinajstić information content (AvgIpc) is 3.53. The monoisotopic (exact) mass is 600 g/mol. The smallest absolute Gasteiger partial charge is 0.143 e. The van der Waals surface area contributed by atoms with E-state index in [9.17, 15) is 0 Å². The molecule has 220 valence electrons. The van der Waals surface area contributed by atoms with Crippen molar-refractivity contribution in [2.45, 2.75) is 6.04 Å². The Morgan fingerprint density at radius 1 is 0.574 bits per heavy atom. The van der Waals surface area contributed by atoms with Crippen molar-refractivity contribution < 1.29 is 4.42 Å². The SMILES string of the molecule is C1=CC(c2cc3c(oc4cccc(-c5ccc6ccccc6c5)c43)c3ccccc23)Nc2c1ccc1ccc(-c3ccccc3)nc21. The number of anilines is 1. The highest BCUT2D eigenvalue weighted by atomic mass is 16.3. The number of pyridine rings is 1. The van der Waals surface area contributed by atoms with Crippen LogP contribution in [0.25, 0.3) is 82.8 Å². The summed E-state index contributed by atoms with van der Waals surface area (Å²) in [4.78, 5) is 5.19. The minimum Gasteiger partial charge on any atom is -0.455 e. The molecule has 7 aromatic carbocycles. The molecule has 3 heterocycles. The van der Waals surface area contributed by atoms with E-state index in [0.29, 0.717) is 0 Å². The predicted octanol–water partition coefficient (Wildman–Crippen LogP) is 12.0. The van der Waals surface area contributed by atoms with Crippen LogP contribution in [0.5, 0.6) is 0 Å². The van der Waals surface area contributed by atoms with Crippen molar-refractivity contribution in [3.63, 3.8) is 0 Å². The van der Waals surface area contributed by atoms with Crippen molar-refractivity contribution in [3.05, 3.63) is 163 Å². The van der Waals surface area contributed by atoms with Gasteiger partial charge in [0, 0.05) is 27.1 Å². The molecule has 0 fully saturated rings. The van der Waals surface area contributed by atoms with Gasteiger partial charge in [-0.2, -0.15) is 0 Å². The molecule has 0 saturated heterocycles. The first-order valence-electron chi connectivity index (χ1n) is 16.1. The summed E-state index contributed by atoms with van der Waals surface area (Å²) in [5, 5.41) is 12.1. The Bertz CT molecular complexity index is 2720. The molecule has 1 unspecified atom stereocenters. The Kier molecular flexibility index (Phi) is 5.64. The van der Waals surface area contributed by atoms with Crippen LogP contribution in [0, 0.1) is 0 Å². The summed E-state index contributed by atoms with van der Waals surface area (Å²) in [7, 11) is 0. The van der Waals surface area contributed by atoms with E-state index >= 15 is 0 Å². The minimum atomic E-state index is -0.0534. The van der Waals surface area contributed by atoms with Gasteiger partial charge < -0.3 is 9.73 Å². The zero-order valence-corrected chi connectivity index (χ0v) is 25.4. The first kappa shape index (κ1) is 26.1. The van der Waals surface area contributed by atoms with Gasteiger partial charge in [-0.3, -0.25) is 0 Å². The van der Waals surface area contributed by atoms with Gasteiger partial charge >= 0.3 is 0 Å². The largest absolute Gasteiger partial charge is 0.455 e. The van der Waals surface area contributed by atoms with Crippen LogP contribution < -0.4 is 5.32 Å². The van der Waals surface area contributed by atoms with Crippen LogP contribution in [0.4, 0.5) is 5.69 Å². The van der Waals surface area contributed by atoms with E-state index in [1.165, 1.54) is 32.8 Å². The molecule has 1 atom stereocenters. The molecule has 0 saturated carbocycles. The summed E-state index contributed by atoms with van der Waals surface area (Å²) < 4.78 is 6.68. The van der Waals surface area contributed by atoms with Crippen LogP contribution >= 0.6 is 0 Å². The molecular formula is C44H28N2O. The molecule has 0 radical (unpaired) electrons. The quantitative estimate of drug-likeness (QED) is 0.219. The lowest BCUT2D eigenvalue weighted by Crippen LogP contribution is -2.13. The number of nitrogens with one attached hydrogen (secondary N) is 1. The second-order valence-corrected chi connectivity index (χ2v) is 12.4. The molecule has 9 aromatic rings. The van der Waals surface area contributed by atoms with Gasteiger partial charge in [-0.15, -0.1) is 0 Å². The first-order chi connectivity index (χ1) is 23.3. The van der Waals surface area contributed by atoms with Crippen molar-refractivity contribution in [2.75, 3.05) is 5.32 Å². The molecule has 1 N–H and O–H groups in total. The Morgan fingerprint density at radius 2 is 1.36 bits per heavy atom. The van der Waals surface area contributed by atoms with Crippen LogP contribution in [0.1, 0.15) is 17.2 Å². The van der Waals surface area contributed by atoms with Gasteiger partial charge in [0.05, 0.1) is 22.9 Å². The molecule has 0 spiro atoms. The summed E-state index contributed by atoms with van der Waals surface area (Å²) in [5.41, 5.74) is 10.7. The van der Waals surface area contributed by atoms with E-state index in [-0.39, 0.29) is 6.04 Å². The topological polar surface area (TPSA) is 38.1 Å². The van der Waals surface area contributed by atoms with E-state index in [0.717, 1.165) is 60.7 Å². The molecule has 1 aliphatic heterocycles. The lowest BCUT2D eigenvalue weighted by Gasteiger charge is -2.25. The third-order valence-corrected chi connectivity index (χ3v) is 9.66. The number of nitrogens with zero attached hydrogens (tertiary/aromatic N) is 1. The fraction of sp³-hybridized carbons (Fsp3) is 0.0227. The average molecular weight is 601 g/mol. The van der Waals surface area contributed by atoms with E-state index in [1.54, 1.807) is 0 Å². The zero-order chi connectivity index (χ0) is 30.9. The summed E-state index contributed by atoms with van der Waals surface area (Å²) in [6.45, 7) is 0. The highest BCUT2D eigenvalue weighted by Crippen LogP contribution is 2.44. The van der Waals surface area contributed by atoms with Crippen LogP contribution in [-0.2, 0) is 0 Å². The van der Waals surface area contributed by atoms with E-state index in [2.05, 4.69) is 157 Å². The Labute approximate surface area is 271 Å². The van der Waals surface area contributed by atoms with Crippen molar-refractivity contribution >= 4 is 66.1 Å². The summed E-state index contributed by atoms with van der Waals surface area (Å²) >= 11 is 0. The third-order valence-electron chi connectivity index (χ3n) is 9.66. The lowest BCUT2D eigenvalue weighted by atomic mass is 9.91. The number of aromatic nitrogens is 1. The van der Waals surface area contributed by atoms with Crippen molar-refractivity contribution in [1.82, 2.24) is 4.98 Å². The van der Waals surface area contributed by atoms with Gasteiger partial charge in [-0.25, -0.2) is 4.98 Å². The van der Waals surface area contributed by atoms with Gasteiger partial charge in [-0.1, -0.05) is 133 Å². The maximum Gasteiger partial charge on any atom is 0.143 e. The highest BCUT2D eigenvalue weighted by molar-refractivity contribution is 6.20. The second kappa shape index (κ2) is 10.2. The summed E-state index contributed by atoms with van der Waals surface area (Å²) in [6, 6.07) is 51.6. The predicted molar refractivity (Wildman–Crippen MR) is 197 cm³/mol. The standard InChI is InChI=1S/C44H28N2O/c1-2-10-28(11-3-1)38-23-21-29-18-19-30-22-24-39(46-43(30)42(29)45-38)36-26-37-41-33(32-20-17-27-9-4-5-12-31(27)25-32)15-8-16-40(41)47-44(37)35-14-7-6-13-34(35)36/h1-26,39,46H. The maximum absolute atomic E-state index is 6.68. The number of hydrogen-bond acceptors (Lipinski definition) is 3. The Hall–Kier alpha value is -6.19. The molecule has 3 heteroatoms. The maximum atomic E-state index is 6.68. The van der Waals surface area contributed by atoms with Crippen LogP contribution in [0.15, 0.2) is 156 Å². The van der Waals surface area contributed by atoms with E-state index in [1.807, 2.05) is 6.07 Å². The van der Waals surface area contributed by atoms with Crippen molar-refractivity contribution in [3.8, 4) is 22.4 Å². The molecule has 10 rings (SSSR count). The van der Waals surface area contributed by atoms with Crippen molar-refractivity contribution in [1.29, 1.82) is 0 Å². The third kappa shape index (κ3) is 4.10. The molecule has 0 amide bonds. The first-order valence-corrected chi connectivity index (χ1v) is 16.1. The minimum absolute atomic E-state index is 0.0534. The van der Waals surface area contributed by atoms with Crippen LogP contribution in [-0.4, -0.2) is 4.98 Å². The molecule has 47 heavy (non-hydrogen) atoms. The number of benzene rings is 7. The van der Waals surface area contributed by atoms with Gasteiger partial charge in [-0.05, 0) is 62.7 Å². The number of rotatable bonds is 3. The Balaban J connectivity index is 1.17. The van der Waals surface area contributed by atoms with Gasteiger partial charge in [0.1, 0.15) is 11.2 Å². The molecular weight excluding hydrogens is 572 g/mol. The molecule has 2 aromatic heterocycles. The van der Waals surface area contributed by atoms with E-state index < -0.39 is 0 Å². The lowest BCUT2D eigenvalue weighted by molar-refractivity contribution is 0.672. The fourth-order valence-electron chi connectivity index (χ4n) is 7.38. The summed E-state index contributed by atoms with van der Waals surface area (Å²) in [5.74, 6) is 0. The molecule has 0 aliphatic carbocycles. The highest BCUT2D eigenvalue weighted by Gasteiger charge is 2.23. The fourth-order valence-corrected chi connectivity index (χ4v) is 7.38. The number of hydrogen-bond donors (Lipinski definition) is 1. The van der Waals surface area contributed by atoms with Crippen LogP contribution in [0.3, 0.4) is 0 Å². The van der Waals surface area contributed by atoms with E-state index in [4.69, 9.17) is 9.40 Å².